The van der Waals surface area contributed by atoms with E-state index in [1.54, 1.807) is 18.6 Å². The molecule has 6 nitrogen and oxygen atoms in total. The molecule has 4 aromatic rings. The molecular weight excluding hydrogens is 396 g/mol. The van der Waals surface area contributed by atoms with E-state index in [0.29, 0.717) is 31.2 Å². The van der Waals surface area contributed by atoms with Gasteiger partial charge in [0.2, 0.25) is 0 Å². The number of nitrogens with zero attached hydrogens (tertiary/aromatic N) is 4. The second-order valence-corrected chi connectivity index (χ2v) is 8.51. The lowest BCUT2D eigenvalue weighted by atomic mass is 9.98. The summed E-state index contributed by atoms with van der Waals surface area (Å²) in [6.07, 6.45) is 8.90. The number of hydrogen-bond acceptors (Lipinski definition) is 6. The third-order valence-corrected chi connectivity index (χ3v) is 6.65. The molecule has 0 spiro atoms. The molecule has 5 rings (SSSR count). The Morgan fingerprint density at radius 3 is 2.50 bits per heavy atom. The first-order valence-electron chi connectivity index (χ1n) is 9.79. The van der Waals surface area contributed by atoms with Crippen molar-refractivity contribution in [2.75, 3.05) is 26.3 Å². The SMILES string of the molecule is [O-][S+](c1cncc(-c2ccc3nccc(-c4ccncc4)c3c2)c1)N1CCOCC1. The van der Waals surface area contributed by atoms with Crippen LogP contribution in [-0.4, -0.2) is 50.1 Å². The Morgan fingerprint density at radius 2 is 1.67 bits per heavy atom. The zero-order valence-corrected chi connectivity index (χ0v) is 17.1. The van der Waals surface area contributed by atoms with Crippen molar-refractivity contribution in [3.8, 4) is 22.3 Å². The van der Waals surface area contributed by atoms with Gasteiger partial charge in [0.25, 0.3) is 0 Å². The van der Waals surface area contributed by atoms with Gasteiger partial charge in [0.15, 0.2) is 4.90 Å². The lowest BCUT2D eigenvalue weighted by Crippen LogP contribution is -2.40. The predicted molar refractivity (Wildman–Crippen MR) is 117 cm³/mol. The Balaban J connectivity index is 1.54. The molecule has 7 heteroatoms. The second-order valence-electron chi connectivity index (χ2n) is 7.03. The van der Waals surface area contributed by atoms with Crippen LogP contribution < -0.4 is 0 Å². The fourth-order valence-electron chi connectivity index (χ4n) is 3.64. The van der Waals surface area contributed by atoms with Crippen molar-refractivity contribution in [1.29, 1.82) is 0 Å². The summed E-state index contributed by atoms with van der Waals surface area (Å²) in [6.45, 7) is 2.53. The average Bonchev–Trinajstić information content (AvgIpc) is 2.84. The zero-order valence-electron chi connectivity index (χ0n) is 16.3. The number of aromatic nitrogens is 3. The van der Waals surface area contributed by atoms with E-state index in [0.717, 1.165) is 33.2 Å². The number of rotatable bonds is 4. The lowest BCUT2D eigenvalue weighted by Gasteiger charge is -2.27. The first kappa shape index (κ1) is 19.1. The molecule has 0 radical (unpaired) electrons. The van der Waals surface area contributed by atoms with Crippen molar-refractivity contribution in [2.45, 2.75) is 4.90 Å². The van der Waals surface area contributed by atoms with Gasteiger partial charge in [-0.15, -0.1) is 4.31 Å². The average molecular weight is 417 g/mol. The van der Waals surface area contributed by atoms with Crippen LogP contribution in [-0.2, 0) is 16.1 Å². The Kier molecular flexibility index (Phi) is 5.42. The quantitative estimate of drug-likeness (QED) is 0.472. The highest BCUT2D eigenvalue weighted by Crippen LogP contribution is 2.31. The van der Waals surface area contributed by atoms with Gasteiger partial charge in [-0.1, -0.05) is 6.07 Å². The van der Waals surface area contributed by atoms with Gasteiger partial charge in [-0.25, -0.2) is 0 Å². The van der Waals surface area contributed by atoms with Crippen LogP contribution in [0.4, 0.5) is 0 Å². The minimum absolute atomic E-state index is 0.605. The highest BCUT2D eigenvalue weighted by Gasteiger charge is 2.25. The standard InChI is InChI=1S/C23H20N4O2S/c28-30(27-9-11-29-12-10-27)20-13-19(15-25-16-20)18-1-2-23-22(14-18)21(5-8-26-23)17-3-6-24-7-4-17/h1-8,13-16H,9-12H2. The Bertz CT molecular complexity index is 1170. The molecule has 30 heavy (non-hydrogen) atoms. The Morgan fingerprint density at radius 1 is 0.833 bits per heavy atom. The molecule has 0 aliphatic carbocycles. The maximum atomic E-state index is 13.0. The molecule has 150 valence electrons. The van der Waals surface area contributed by atoms with Gasteiger partial charge in [-0.05, 0) is 47.0 Å². The summed E-state index contributed by atoms with van der Waals surface area (Å²) in [5, 5.41) is 1.06. The number of hydrogen-bond donors (Lipinski definition) is 0. The van der Waals surface area contributed by atoms with Crippen molar-refractivity contribution < 1.29 is 9.29 Å². The number of fused-ring (bicyclic) bond motifs is 1. The predicted octanol–water partition coefficient (Wildman–Crippen LogP) is 3.71. The van der Waals surface area contributed by atoms with Crippen molar-refractivity contribution in [3.05, 3.63) is 73.4 Å². The zero-order chi connectivity index (χ0) is 20.3. The largest absolute Gasteiger partial charge is 0.593 e. The molecule has 1 atom stereocenters. The normalized spacial score (nSPS) is 15.9. The Labute approximate surface area is 177 Å². The van der Waals surface area contributed by atoms with Crippen molar-refractivity contribution in [1.82, 2.24) is 19.3 Å². The van der Waals surface area contributed by atoms with Gasteiger partial charge in [0.05, 0.1) is 49.4 Å². The minimum atomic E-state index is -1.24. The molecule has 3 aromatic heterocycles. The summed E-state index contributed by atoms with van der Waals surface area (Å²) in [7, 11) is 0. The molecule has 0 amide bonds. The van der Waals surface area contributed by atoms with Crippen LogP contribution >= 0.6 is 0 Å². The van der Waals surface area contributed by atoms with Crippen molar-refractivity contribution in [3.63, 3.8) is 0 Å². The molecular formula is C23H20N4O2S. The van der Waals surface area contributed by atoms with Crippen LogP contribution in [0.25, 0.3) is 33.2 Å². The van der Waals surface area contributed by atoms with Crippen LogP contribution in [0.15, 0.2) is 78.3 Å². The summed E-state index contributed by atoms with van der Waals surface area (Å²) >= 11 is -1.24. The van der Waals surface area contributed by atoms with E-state index in [1.807, 2.05) is 53.1 Å². The van der Waals surface area contributed by atoms with E-state index >= 15 is 0 Å². The molecule has 1 fully saturated rings. The highest BCUT2D eigenvalue weighted by molar-refractivity contribution is 7.89. The summed E-state index contributed by atoms with van der Waals surface area (Å²) in [4.78, 5) is 13.7. The second kappa shape index (κ2) is 8.49. The highest BCUT2D eigenvalue weighted by atomic mass is 32.2. The van der Waals surface area contributed by atoms with Crippen LogP contribution in [0.1, 0.15) is 0 Å². The third-order valence-electron chi connectivity index (χ3n) is 5.19. The first-order chi connectivity index (χ1) is 14.8. The lowest BCUT2D eigenvalue weighted by molar-refractivity contribution is 0.0730. The van der Waals surface area contributed by atoms with Crippen LogP contribution in [0.3, 0.4) is 0 Å². The molecule has 1 saturated heterocycles. The van der Waals surface area contributed by atoms with Crippen LogP contribution in [0, 0.1) is 0 Å². The summed E-state index contributed by atoms with van der Waals surface area (Å²) in [6, 6.07) is 14.1. The van der Waals surface area contributed by atoms with Gasteiger partial charge in [-0.2, -0.15) is 0 Å². The molecule has 0 saturated carbocycles. The van der Waals surface area contributed by atoms with Crippen molar-refractivity contribution in [2.24, 2.45) is 0 Å². The maximum absolute atomic E-state index is 13.0. The fourth-order valence-corrected chi connectivity index (χ4v) is 4.80. The maximum Gasteiger partial charge on any atom is 0.192 e. The van der Waals surface area contributed by atoms with Crippen LogP contribution in [0.5, 0.6) is 0 Å². The molecule has 0 N–H and O–H groups in total. The summed E-state index contributed by atoms with van der Waals surface area (Å²) in [5.41, 5.74) is 5.06. The monoisotopic (exact) mass is 416 g/mol. The van der Waals surface area contributed by atoms with E-state index in [4.69, 9.17) is 4.74 Å². The molecule has 0 bridgehead atoms. The van der Waals surface area contributed by atoms with Crippen LogP contribution in [0.2, 0.25) is 0 Å². The van der Waals surface area contributed by atoms with Gasteiger partial charge >= 0.3 is 0 Å². The van der Waals surface area contributed by atoms with E-state index in [2.05, 4.69) is 21.0 Å². The van der Waals surface area contributed by atoms with E-state index in [1.165, 1.54) is 0 Å². The first-order valence-corrected chi connectivity index (χ1v) is 10.9. The Hall–Kier alpha value is -2.84. The molecule has 1 unspecified atom stereocenters. The third kappa shape index (κ3) is 3.80. The molecule has 4 heterocycles. The van der Waals surface area contributed by atoms with Gasteiger partial charge < -0.3 is 9.29 Å². The topological polar surface area (TPSA) is 74.2 Å². The summed E-state index contributed by atoms with van der Waals surface area (Å²) < 4.78 is 20.3. The summed E-state index contributed by atoms with van der Waals surface area (Å²) in [5.74, 6) is 0. The van der Waals surface area contributed by atoms with E-state index in [-0.39, 0.29) is 0 Å². The molecule has 1 aliphatic heterocycles. The number of pyridine rings is 3. The number of ether oxygens (including phenoxy) is 1. The minimum Gasteiger partial charge on any atom is -0.593 e. The van der Waals surface area contributed by atoms with Crippen molar-refractivity contribution >= 4 is 22.3 Å². The fraction of sp³-hybridized carbons (Fsp3) is 0.174. The van der Waals surface area contributed by atoms with E-state index in [9.17, 15) is 4.55 Å². The van der Waals surface area contributed by atoms with Gasteiger partial charge in [0.1, 0.15) is 0 Å². The molecule has 1 aromatic carbocycles. The van der Waals surface area contributed by atoms with Gasteiger partial charge in [-0.3, -0.25) is 15.0 Å². The number of benzene rings is 1. The van der Waals surface area contributed by atoms with Gasteiger partial charge in [0, 0.05) is 41.8 Å². The number of morpholine rings is 1. The smallest absolute Gasteiger partial charge is 0.192 e. The molecule has 1 aliphatic rings. The van der Waals surface area contributed by atoms with E-state index < -0.39 is 11.4 Å².